The molecule has 1 aromatic rings. The Kier molecular flexibility index (Phi) is 4.02. The van der Waals surface area contributed by atoms with Crippen LogP contribution in [0.4, 0.5) is 17.6 Å². The first-order valence-electron chi connectivity index (χ1n) is 4.24. The van der Waals surface area contributed by atoms with Crippen molar-refractivity contribution >= 4 is 11.8 Å². The van der Waals surface area contributed by atoms with E-state index in [1.165, 1.54) is 12.1 Å². The molecule has 0 heterocycles. The largest absolute Gasteiger partial charge is 0.446 e. The van der Waals surface area contributed by atoms with E-state index < -0.39 is 11.3 Å². The van der Waals surface area contributed by atoms with Gasteiger partial charge in [0.25, 0.3) is 0 Å². The molecule has 1 aromatic carbocycles. The highest BCUT2D eigenvalue weighted by atomic mass is 32.2. The summed E-state index contributed by atoms with van der Waals surface area (Å²) >= 11 is -0.309. The molecule has 0 N–H and O–H groups in total. The molecule has 83 valence electrons. The van der Waals surface area contributed by atoms with Crippen LogP contribution >= 0.6 is 11.8 Å². The molecule has 0 fully saturated rings. The van der Waals surface area contributed by atoms with Crippen molar-refractivity contribution in [3.63, 3.8) is 0 Å². The van der Waals surface area contributed by atoms with Crippen molar-refractivity contribution in [3.05, 3.63) is 36.0 Å². The molecule has 0 saturated carbocycles. The van der Waals surface area contributed by atoms with Gasteiger partial charge in [0.15, 0.2) is 0 Å². The first-order chi connectivity index (χ1) is 6.92. The van der Waals surface area contributed by atoms with Crippen LogP contribution in [-0.4, -0.2) is 5.51 Å². The van der Waals surface area contributed by atoms with Crippen LogP contribution < -0.4 is 0 Å². The number of hydrogen-bond donors (Lipinski definition) is 0. The van der Waals surface area contributed by atoms with Crippen molar-refractivity contribution in [2.45, 2.75) is 23.7 Å². The molecule has 0 saturated heterocycles. The fourth-order valence-corrected chi connectivity index (χ4v) is 1.68. The summed E-state index contributed by atoms with van der Waals surface area (Å²) in [5.41, 5.74) is -3.96. The molecule has 0 aromatic heterocycles. The minimum atomic E-state index is -4.37. The lowest BCUT2D eigenvalue weighted by atomic mass is 10.1. The molecule has 0 aliphatic heterocycles. The molecule has 0 nitrogen and oxygen atoms in total. The van der Waals surface area contributed by atoms with E-state index in [1.54, 1.807) is 13.3 Å². The minimum Gasteiger partial charge on any atom is -0.207 e. The van der Waals surface area contributed by atoms with Crippen LogP contribution in [0.5, 0.6) is 0 Å². The Morgan fingerprint density at radius 2 is 2.00 bits per heavy atom. The molecule has 0 atom stereocenters. The van der Waals surface area contributed by atoms with Crippen LogP contribution in [0.3, 0.4) is 0 Å². The van der Waals surface area contributed by atoms with Crippen molar-refractivity contribution in [1.82, 2.24) is 0 Å². The Morgan fingerprint density at radius 3 is 2.47 bits per heavy atom. The number of benzene rings is 1. The van der Waals surface area contributed by atoms with E-state index in [1.807, 2.05) is 0 Å². The topological polar surface area (TPSA) is 0 Å². The maximum absolute atomic E-state index is 13.2. The summed E-state index contributed by atoms with van der Waals surface area (Å²) in [6.45, 7) is 1.76. The first-order valence-corrected chi connectivity index (χ1v) is 5.06. The number of halogens is 4. The summed E-state index contributed by atoms with van der Waals surface area (Å²) in [4.78, 5) is -0.125. The molecule has 1 radical (unpaired) electrons. The van der Waals surface area contributed by atoms with Gasteiger partial charge in [0.05, 0.1) is 0 Å². The average Bonchev–Trinajstić information content (AvgIpc) is 2.07. The van der Waals surface area contributed by atoms with Crippen LogP contribution in [-0.2, 0) is 6.42 Å². The van der Waals surface area contributed by atoms with Gasteiger partial charge >= 0.3 is 5.51 Å². The van der Waals surface area contributed by atoms with Gasteiger partial charge in [-0.3, -0.25) is 0 Å². The minimum absolute atomic E-state index is 0.125. The van der Waals surface area contributed by atoms with E-state index in [4.69, 9.17) is 0 Å². The lowest BCUT2D eigenvalue weighted by Crippen LogP contribution is -1.99. The predicted octanol–water partition coefficient (Wildman–Crippen LogP) is 4.20. The first kappa shape index (κ1) is 12.4. The Morgan fingerprint density at radius 1 is 1.33 bits per heavy atom. The number of rotatable bonds is 3. The quantitative estimate of drug-likeness (QED) is 0.560. The second-order valence-corrected chi connectivity index (χ2v) is 4.05. The van der Waals surface area contributed by atoms with Gasteiger partial charge in [-0.05, 0) is 42.3 Å². The van der Waals surface area contributed by atoms with E-state index in [9.17, 15) is 17.6 Å². The van der Waals surface area contributed by atoms with E-state index >= 15 is 0 Å². The van der Waals surface area contributed by atoms with Crippen molar-refractivity contribution in [1.29, 1.82) is 0 Å². The van der Waals surface area contributed by atoms with Crippen LogP contribution in [0.1, 0.15) is 12.5 Å². The SMILES string of the molecule is C[CH]Cc1ccc(SC(F)(F)F)cc1F. The number of hydrogen-bond acceptors (Lipinski definition) is 1. The summed E-state index contributed by atoms with van der Waals surface area (Å²) in [5, 5.41) is 0. The zero-order chi connectivity index (χ0) is 11.5. The predicted molar refractivity (Wildman–Crippen MR) is 52.0 cm³/mol. The van der Waals surface area contributed by atoms with Crippen LogP contribution in [0, 0.1) is 12.2 Å². The fourth-order valence-electron chi connectivity index (χ4n) is 1.11. The van der Waals surface area contributed by atoms with Crippen LogP contribution in [0.15, 0.2) is 23.1 Å². The summed E-state index contributed by atoms with van der Waals surface area (Å²) in [5.74, 6) is -0.595. The normalized spacial score (nSPS) is 11.8. The lowest BCUT2D eigenvalue weighted by molar-refractivity contribution is -0.0328. The molecule has 0 bridgehead atoms. The third-order valence-corrected chi connectivity index (χ3v) is 2.40. The Hall–Kier alpha value is -0.710. The average molecular weight is 237 g/mol. The Labute approximate surface area is 89.7 Å². The Bertz CT molecular complexity index is 333. The van der Waals surface area contributed by atoms with E-state index in [2.05, 4.69) is 0 Å². The fraction of sp³-hybridized carbons (Fsp3) is 0.300. The molecular weight excluding hydrogens is 228 g/mol. The summed E-state index contributed by atoms with van der Waals surface area (Å²) in [6.07, 6.45) is 2.16. The molecule has 5 heteroatoms. The summed E-state index contributed by atoms with van der Waals surface area (Å²) in [7, 11) is 0. The van der Waals surface area contributed by atoms with Gasteiger partial charge in [-0.15, -0.1) is 0 Å². The van der Waals surface area contributed by atoms with Crippen molar-refractivity contribution in [2.75, 3.05) is 0 Å². The number of alkyl halides is 3. The second-order valence-electron chi connectivity index (χ2n) is 2.91. The highest BCUT2D eigenvalue weighted by Gasteiger charge is 2.29. The molecule has 1 rings (SSSR count). The van der Waals surface area contributed by atoms with E-state index in [0.717, 1.165) is 6.07 Å². The van der Waals surface area contributed by atoms with Gasteiger partial charge in [0.1, 0.15) is 5.82 Å². The summed E-state index contributed by atoms with van der Waals surface area (Å²) < 4.78 is 49.1. The van der Waals surface area contributed by atoms with Gasteiger partial charge in [0, 0.05) is 4.90 Å². The summed E-state index contributed by atoms with van der Waals surface area (Å²) in [6, 6.07) is 3.57. The maximum atomic E-state index is 13.2. The molecule has 0 unspecified atom stereocenters. The van der Waals surface area contributed by atoms with E-state index in [0.29, 0.717) is 12.0 Å². The van der Waals surface area contributed by atoms with Gasteiger partial charge < -0.3 is 0 Å². The van der Waals surface area contributed by atoms with Crippen molar-refractivity contribution in [2.24, 2.45) is 0 Å². The maximum Gasteiger partial charge on any atom is 0.446 e. The molecule has 0 aliphatic carbocycles. The van der Waals surface area contributed by atoms with Gasteiger partial charge in [-0.25, -0.2) is 4.39 Å². The van der Waals surface area contributed by atoms with Crippen molar-refractivity contribution in [3.8, 4) is 0 Å². The number of thioether (sulfide) groups is 1. The highest BCUT2D eigenvalue weighted by Crippen LogP contribution is 2.37. The highest BCUT2D eigenvalue weighted by molar-refractivity contribution is 8.00. The van der Waals surface area contributed by atoms with E-state index in [-0.39, 0.29) is 16.7 Å². The standard InChI is InChI=1S/C10H9F4S/c1-2-3-7-4-5-8(6-9(7)11)15-10(12,13)14/h2,4-6H,3H2,1H3. The third kappa shape index (κ3) is 4.11. The van der Waals surface area contributed by atoms with Gasteiger partial charge in [-0.2, -0.15) is 13.2 Å². The smallest absolute Gasteiger partial charge is 0.207 e. The van der Waals surface area contributed by atoms with Gasteiger partial charge in [0.2, 0.25) is 0 Å². The Balaban J connectivity index is 2.82. The third-order valence-electron chi connectivity index (χ3n) is 1.68. The molecular formula is C10H9F4S. The lowest BCUT2D eigenvalue weighted by Gasteiger charge is -2.07. The van der Waals surface area contributed by atoms with Gasteiger partial charge in [-0.1, -0.05) is 13.0 Å². The monoisotopic (exact) mass is 237 g/mol. The molecule has 0 spiro atoms. The van der Waals surface area contributed by atoms with Crippen molar-refractivity contribution < 1.29 is 17.6 Å². The zero-order valence-corrected chi connectivity index (χ0v) is 8.75. The zero-order valence-electron chi connectivity index (χ0n) is 7.94. The molecule has 0 aliphatic rings. The van der Waals surface area contributed by atoms with Crippen LogP contribution in [0.25, 0.3) is 0 Å². The molecule has 15 heavy (non-hydrogen) atoms. The second kappa shape index (κ2) is 4.88. The van der Waals surface area contributed by atoms with Crippen LogP contribution in [0.2, 0.25) is 0 Å². The molecule has 0 amide bonds.